The lowest BCUT2D eigenvalue weighted by Crippen LogP contribution is -1.89. The molecule has 3 aromatic rings. The zero-order valence-corrected chi connectivity index (χ0v) is 10.5. The van der Waals surface area contributed by atoms with Crippen molar-refractivity contribution in [3.05, 3.63) is 53.3 Å². The van der Waals surface area contributed by atoms with Crippen LogP contribution in [0.4, 0.5) is 0 Å². The van der Waals surface area contributed by atoms with Gasteiger partial charge >= 0.3 is 0 Å². The lowest BCUT2D eigenvalue weighted by molar-refractivity contribution is 0.472. The van der Waals surface area contributed by atoms with Crippen LogP contribution in [0.2, 0.25) is 5.15 Å². The molecule has 0 bridgehead atoms. The highest BCUT2D eigenvalue weighted by molar-refractivity contribution is 6.32. The van der Waals surface area contributed by atoms with E-state index in [1.165, 1.54) is 0 Å². The molecule has 0 atom stereocenters. The smallest absolute Gasteiger partial charge is 0.155 e. The van der Waals surface area contributed by atoms with Gasteiger partial charge in [0, 0.05) is 5.56 Å². The number of fused-ring (bicyclic) bond motifs is 1. The standard InChI is InChI=1S/C14H11ClN2O/c1-9-3-2-4-10(7-9)14-16-13(15)12-6-5-11(18)8-17(12)14/h2-8,18H,1H3. The molecule has 0 aliphatic heterocycles. The summed E-state index contributed by atoms with van der Waals surface area (Å²) in [5.74, 6) is 0.917. The number of aromatic nitrogens is 2. The summed E-state index contributed by atoms with van der Waals surface area (Å²) in [5.41, 5.74) is 2.91. The van der Waals surface area contributed by atoms with Gasteiger partial charge in [0.25, 0.3) is 0 Å². The summed E-state index contributed by atoms with van der Waals surface area (Å²) in [4.78, 5) is 4.36. The topological polar surface area (TPSA) is 37.5 Å². The normalized spacial score (nSPS) is 11.0. The molecule has 18 heavy (non-hydrogen) atoms. The highest BCUT2D eigenvalue weighted by Gasteiger charge is 2.11. The zero-order chi connectivity index (χ0) is 12.7. The van der Waals surface area contributed by atoms with Crippen LogP contribution in [-0.2, 0) is 0 Å². The average molecular weight is 259 g/mol. The van der Waals surface area contributed by atoms with Crippen molar-refractivity contribution in [1.29, 1.82) is 0 Å². The first kappa shape index (κ1) is 11.1. The van der Waals surface area contributed by atoms with E-state index >= 15 is 0 Å². The summed E-state index contributed by atoms with van der Waals surface area (Å²) >= 11 is 6.11. The second-order valence-corrected chi connectivity index (χ2v) is 4.60. The van der Waals surface area contributed by atoms with E-state index in [1.54, 1.807) is 22.7 Å². The molecule has 3 nitrogen and oxygen atoms in total. The molecule has 0 aliphatic rings. The summed E-state index contributed by atoms with van der Waals surface area (Å²) < 4.78 is 1.80. The van der Waals surface area contributed by atoms with Crippen molar-refractivity contribution in [2.45, 2.75) is 6.92 Å². The molecular formula is C14H11ClN2O. The van der Waals surface area contributed by atoms with E-state index in [-0.39, 0.29) is 5.75 Å². The summed E-state index contributed by atoms with van der Waals surface area (Å²) in [5, 5.41) is 10.0. The first-order valence-electron chi connectivity index (χ1n) is 5.59. The molecule has 1 N–H and O–H groups in total. The van der Waals surface area contributed by atoms with Gasteiger partial charge in [-0.15, -0.1) is 0 Å². The molecule has 0 radical (unpaired) electrons. The average Bonchev–Trinajstić information content (AvgIpc) is 2.66. The van der Waals surface area contributed by atoms with Gasteiger partial charge in [-0.1, -0.05) is 35.4 Å². The molecule has 0 fully saturated rings. The fraction of sp³-hybridized carbons (Fsp3) is 0.0714. The molecule has 1 aromatic carbocycles. The van der Waals surface area contributed by atoms with Gasteiger partial charge in [-0.05, 0) is 25.1 Å². The van der Waals surface area contributed by atoms with Crippen LogP contribution in [-0.4, -0.2) is 14.5 Å². The molecule has 0 saturated heterocycles. The minimum atomic E-state index is 0.186. The van der Waals surface area contributed by atoms with Gasteiger partial charge in [-0.2, -0.15) is 0 Å². The van der Waals surface area contributed by atoms with Gasteiger partial charge in [-0.3, -0.25) is 4.40 Å². The van der Waals surface area contributed by atoms with Crippen molar-refractivity contribution in [2.24, 2.45) is 0 Å². The Bertz CT molecular complexity index is 734. The Morgan fingerprint density at radius 2 is 2.06 bits per heavy atom. The largest absolute Gasteiger partial charge is 0.506 e. The van der Waals surface area contributed by atoms with Crippen molar-refractivity contribution < 1.29 is 5.11 Å². The fourth-order valence-corrected chi connectivity index (χ4v) is 2.26. The number of rotatable bonds is 1. The highest BCUT2D eigenvalue weighted by Crippen LogP contribution is 2.27. The number of nitrogens with zero attached hydrogens (tertiary/aromatic N) is 2. The predicted octanol–water partition coefficient (Wildman–Crippen LogP) is 3.67. The Morgan fingerprint density at radius 3 is 2.83 bits per heavy atom. The molecule has 0 saturated carbocycles. The molecule has 0 spiro atoms. The lowest BCUT2D eigenvalue weighted by atomic mass is 10.1. The van der Waals surface area contributed by atoms with Gasteiger partial charge in [0.1, 0.15) is 11.6 Å². The van der Waals surface area contributed by atoms with E-state index in [2.05, 4.69) is 4.98 Å². The van der Waals surface area contributed by atoms with E-state index in [0.29, 0.717) is 5.15 Å². The Balaban J connectivity index is 2.32. The number of imidazole rings is 1. The van der Waals surface area contributed by atoms with Crippen molar-refractivity contribution in [1.82, 2.24) is 9.38 Å². The van der Waals surface area contributed by atoms with Crippen molar-refractivity contribution in [2.75, 3.05) is 0 Å². The van der Waals surface area contributed by atoms with Crippen LogP contribution >= 0.6 is 11.6 Å². The molecule has 3 rings (SSSR count). The Morgan fingerprint density at radius 1 is 1.22 bits per heavy atom. The fourth-order valence-electron chi connectivity index (χ4n) is 2.02. The molecule has 0 unspecified atom stereocenters. The SMILES string of the molecule is Cc1cccc(-c2nc(Cl)c3ccc(O)cn23)c1. The Hall–Kier alpha value is -2.00. The number of hydrogen-bond donors (Lipinski definition) is 1. The summed E-state index contributed by atoms with van der Waals surface area (Å²) in [6.45, 7) is 2.03. The van der Waals surface area contributed by atoms with Crippen LogP contribution in [0, 0.1) is 6.92 Å². The molecular weight excluding hydrogens is 248 g/mol. The molecule has 0 aliphatic carbocycles. The van der Waals surface area contributed by atoms with Crippen LogP contribution in [0.25, 0.3) is 16.9 Å². The van der Waals surface area contributed by atoms with E-state index < -0.39 is 0 Å². The Kier molecular flexibility index (Phi) is 2.49. The maximum absolute atomic E-state index is 9.57. The van der Waals surface area contributed by atoms with E-state index in [9.17, 15) is 5.11 Å². The second-order valence-electron chi connectivity index (χ2n) is 4.24. The minimum Gasteiger partial charge on any atom is -0.506 e. The molecule has 0 amide bonds. The molecule has 90 valence electrons. The van der Waals surface area contributed by atoms with Crippen LogP contribution in [0.1, 0.15) is 5.56 Å². The molecule has 4 heteroatoms. The maximum atomic E-state index is 9.57. The summed E-state index contributed by atoms with van der Waals surface area (Å²) in [7, 11) is 0. The van der Waals surface area contributed by atoms with E-state index in [1.807, 2.05) is 31.2 Å². The third-order valence-corrected chi connectivity index (χ3v) is 3.13. The highest BCUT2D eigenvalue weighted by atomic mass is 35.5. The van der Waals surface area contributed by atoms with Gasteiger partial charge < -0.3 is 5.11 Å². The van der Waals surface area contributed by atoms with Gasteiger partial charge in [0.05, 0.1) is 11.7 Å². The molecule has 2 aromatic heterocycles. The first-order valence-corrected chi connectivity index (χ1v) is 5.96. The second kappa shape index (κ2) is 4.03. The van der Waals surface area contributed by atoms with E-state index in [4.69, 9.17) is 11.6 Å². The van der Waals surface area contributed by atoms with Crippen molar-refractivity contribution in [3.8, 4) is 17.1 Å². The number of aryl methyl sites for hydroxylation is 1. The third kappa shape index (κ3) is 1.73. The lowest BCUT2D eigenvalue weighted by Gasteiger charge is -2.02. The minimum absolute atomic E-state index is 0.186. The van der Waals surface area contributed by atoms with Crippen LogP contribution in [0.5, 0.6) is 5.75 Å². The first-order chi connectivity index (χ1) is 8.65. The number of aromatic hydroxyl groups is 1. The summed E-state index contributed by atoms with van der Waals surface area (Å²) in [6, 6.07) is 11.4. The molecule has 2 heterocycles. The third-order valence-electron chi connectivity index (χ3n) is 2.85. The van der Waals surface area contributed by atoms with Crippen molar-refractivity contribution in [3.63, 3.8) is 0 Å². The number of benzene rings is 1. The maximum Gasteiger partial charge on any atom is 0.155 e. The van der Waals surface area contributed by atoms with Crippen LogP contribution < -0.4 is 0 Å². The van der Waals surface area contributed by atoms with Gasteiger partial charge in [0.2, 0.25) is 0 Å². The van der Waals surface area contributed by atoms with Crippen LogP contribution in [0.15, 0.2) is 42.6 Å². The summed E-state index contributed by atoms with van der Waals surface area (Å²) in [6.07, 6.45) is 1.62. The predicted molar refractivity (Wildman–Crippen MR) is 72.0 cm³/mol. The van der Waals surface area contributed by atoms with Crippen LogP contribution in [0.3, 0.4) is 0 Å². The van der Waals surface area contributed by atoms with Gasteiger partial charge in [0.15, 0.2) is 5.15 Å². The number of pyridine rings is 1. The van der Waals surface area contributed by atoms with Crippen molar-refractivity contribution >= 4 is 17.1 Å². The zero-order valence-electron chi connectivity index (χ0n) is 9.76. The number of halogens is 1. The Labute approximate surface area is 109 Å². The van der Waals surface area contributed by atoms with E-state index in [0.717, 1.165) is 22.5 Å². The quantitative estimate of drug-likeness (QED) is 0.723. The monoisotopic (exact) mass is 258 g/mol. The number of hydrogen-bond acceptors (Lipinski definition) is 2. The van der Waals surface area contributed by atoms with Gasteiger partial charge in [-0.25, -0.2) is 4.98 Å².